The molecule has 2 aromatic rings. The topological polar surface area (TPSA) is 38.3 Å². The minimum absolute atomic E-state index is 0.183. The summed E-state index contributed by atoms with van der Waals surface area (Å²) in [4.78, 5) is 12.3. The van der Waals surface area contributed by atoms with Crippen LogP contribution in [-0.4, -0.2) is 18.3 Å². The fourth-order valence-electron chi connectivity index (χ4n) is 2.26. The number of amides is 1. The van der Waals surface area contributed by atoms with Gasteiger partial charge in [-0.1, -0.05) is 36.0 Å². The Labute approximate surface area is 150 Å². The number of aryl methyl sites for hydroxylation is 1. The number of hydrogen-bond donors (Lipinski definition) is 1. The first-order chi connectivity index (χ1) is 12.0. The van der Waals surface area contributed by atoms with Crippen molar-refractivity contribution in [2.75, 3.05) is 11.9 Å². The van der Waals surface area contributed by atoms with Gasteiger partial charge in [0.15, 0.2) is 0 Å². The molecule has 6 heteroatoms. The number of hydrogen-bond acceptors (Lipinski definition) is 3. The molecule has 1 amide bonds. The van der Waals surface area contributed by atoms with Gasteiger partial charge in [0.2, 0.25) is 5.91 Å². The summed E-state index contributed by atoms with van der Waals surface area (Å²) in [5.74, 6) is -1.88. The van der Waals surface area contributed by atoms with E-state index in [0.29, 0.717) is 41.8 Å². The highest BCUT2D eigenvalue weighted by Crippen LogP contribution is 2.31. The van der Waals surface area contributed by atoms with Crippen molar-refractivity contribution in [3.05, 3.63) is 54.1 Å². The van der Waals surface area contributed by atoms with Crippen molar-refractivity contribution in [3.63, 3.8) is 0 Å². The fraction of sp³-hybridized carbons (Fsp3) is 0.316. The molecule has 2 aromatic carbocycles. The molecule has 2 rings (SSSR count). The van der Waals surface area contributed by atoms with Crippen LogP contribution < -0.4 is 10.1 Å². The highest BCUT2D eigenvalue weighted by molar-refractivity contribution is 7.99. The number of para-hydroxylation sites is 1. The number of nitrogens with one attached hydrogen (secondary N) is 1. The number of anilines is 1. The van der Waals surface area contributed by atoms with Crippen LogP contribution >= 0.6 is 11.8 Å². The Morgan fingerprint density at radius 2 is 1.96 bits per heavy atom. The second-order valence-corrected chi connectivity index (χ2v) is 6.58. The number of halogens is 2. The molecule has 0 saturated heterocycles. The molecule has 0 heterocycles. The summed E-state index contributed by atoms with van der Waals surface area (Å²) in [6.07, 6.45) is 1.74. The highest BCUT2D eigenvalue weighted by atomic mass is 32.2. The van der Waals surface area contributed by atoms with E-state index in [9.17, 15) is 13.6 Å². The predicted octanol–water partition coefficient (Wildman–Crippen LogP) is 5.50. The van der Waals surface area contributed by atoms with Crippen LogP contribution in [0.2, 0.25) is 0 Å². The lowest BCUT2D eigenvalue weighted by atomic mass is 10.2. The summed E-state index contributed by atoms with van der Waals surface area (Å²) < 4.78 is 30.7. The Morgan fingerprint density at radius 3 is 2.72 bits per heavy atom. The van der Waals surface area contributed by atoms with E-state index in [1.165, 1.54) is 0 Å². The molecule has 0 bridgehead atoms. The molecule has 25 heavy (non-hydrogen) atoms. The highest BCUT2D eigenvalue weighted by Gasteiger charge is 2.11. The van der Waals surface area contributed by atoms with Crippen LogP contribution in [0.5, 0.6) is 5.75 Å². The lowest BCUT2D eigenvalue weighted by Gasteiger charge is -2.10. The van der Waals surface area contributed by atoms with Crippen LogP contribution in [-0.2, 0) is 4.79 Å². The quantitative estimate of drug-likeness (QED) is 0.471. The largest absolute Gasteiger partial charge is 0.494 e. The van der Waals surface area contributed by atoms with E-state index in [-0.39, 0.29) is 5.91 Å². The zero-order chi connectivity index (χ0) is 18.1. The van der Waals surface area contributed by atoms with Crippen LogP contribution in [0.15, 0.2) is 53.4 Å². The number of carbonyl (C=O) groups is 1. The van der Waals surface area contributed by atoms with E-state index >= 15 is 0 Å². The SMILES string of the molecule is Cc1cccc(OCCCCC(=O)Nc2ccccc2SC(F)F)c1. The minimum atomic E-state index is -2.52. The third-order valence-corrected chi connectivity index (χ3v) is 4.22. The van der Waals surface area contributed by atoms with E-state index in [2.05, 4.69) is 5.32 Å². The zero-order valence-electron chi connectivity index (χ0n) is 14.0. The number of unbranched alkanes of at least 4 members (excludes halogenated alkanes) is 1. The Morgan fingerprint density at radius 1 is 1.16 bits per heavy atom. The maximum atomic E-state index is 12.5. The van der Waals surface area contributed by atoms with Gasteiger partial charge in [-0.25, -0.2) is 0 Å². The number of ether oxygens (including phenoxy) is 1. The lowest BCUT2D eigenvalue weighted by Crippen LogP contribution is -2.12. The van der Waals surface area contributed by atoms with Crippen molar-refractivity contribution in [3.8, 4) is 5.75 Å². The normalized spacial score (nSPS) is 10.7. The second kappa shape index (κ2) is 10.0. The fourth-order valence-corrected chi connectivity index (χ4v) is 2.86. The summed E-state index contributed by atoms with van der Waals surface area (Å²) in [5.41, 5.74) is 1.56. The molecule has 0 atom stereocenters. The Bertz CT molecular complexity index is 695. The molecule has 0 fully saturated rings. The van der Waals surface area contributed by atoms with Gasteiger partial charge in [-0.15, -0.1) is 0 Å². The molecule has 0 unspecified atom stereocenters. The average molecular weight is 365 g/mol. The van der Waals surface area contributed by atoms with Gasteiger partial charge in [-0.05, 0) is 49.6 Å². The molecule has 0 spiro atoms. The third kappa shape index (κ3) is 7.13. The molecule has 0 aliphatic carbocycles. The van der Waals surface area contributed by atoms with Crippen molar-refractivity contribution in [1.29, 1.82) is 0 Å². The summed E-state index contributed by atoms with van der Waals surface area (Å²) >= 11 is 0.430. The number of benzene rings is 2. The number of rotatable bonds is 9. The molecule has 0 radical (unpaired) electrons. The van der Waals surface area contributed by atoms with E-state index in [1.54, 1.807) is 24.3 Å². The number of carbonyl (C=O) groups excluding carboxylic acids is 1. The molecule has 134 valence electrons. The first-order valence-corrected chi connectivity index (χ1v) is 8.96. The van der Waals surface area contributed by atoms with Gasteiger partial charge in [0, 0.05) is 11.3 Å². The number of thioether (sulfide) groups is 1. The Hall–Kier alpha value is -2.08. The lowest BCUT2D eigenvalue weighted by molar-refractivity contribution is -0.116. The minimum Gasteiger partial charge on any atom is -0.494 e. The van der Waals surface area contributed by atoms with Gasteiger partial charge in [0.1, 0.15) is 5.75 Å². The van der Waals surface area contributed by atoms with E-state index in [1.807, 2.05) is 31.2 Å². The van der Waals surface area contributed by atoms with E-state index < -0.39 is 5.76 Å². The molecule has 0 aliphatic rings. The van der Waals surface area contributed by atoms with Crippen LogP contribution in [0.1, 0.15) is 24.8 Å². The smallest absolute Gasteiger partial charge is 0.288 e. The van der Waals surface area contributed by atoms with Crippen molar-refractivity contribution < 1.29 is 18.3 Å². The molecule has 3 nitrogen and oxygen atoms in total. The summed E-state index contributed by atoms with van der Waals surface area (Å²) in [6, 6.07) is 14.4. The maximum absolute atomic E-state index is 12.5. The summed E-state index contributed by atoms with van der Waals surface area (Å²) in [5, 5.41) is 2.70. The van der Waals surface area contributed by atoms with Gasteiger partial charge >= 0.3 is 0 Å². The van der Waals surface area contributed by atoms with Gasteiger partial charge in [-0.3, -0.25) is 4.79 Å². The third-order valence-electron chi connectivity index (χ3n) is 3.43. The first-order valence-electron chi connectivity index (χ1n) is 8.08. The monoisotopic (exact) mass is 365 g/mol. The van der Waals surface area contributed by atoms with Crippen molar-refractivity contribution in [2.45, 2.75) is 36.8 Å². The van der Waals surface area contributed by atoms with Crippen molar-refractivity contribution in [1.82, 2.24) is 0 Å². The Balaban J connectivity index is 1.71. The predicted molar refractivity (Wildman–Crippen MR) is 97.5 cm³/mol. The molecular formula is C19H21F2NO2S. The second-order valence-electron chi connectivity index (χ2n) is 5.54. The van der Waals surface area contributed by atoms with E-state index in [0.717, 1.165) is 17.7 Å². The summed E-state index contributed by atoms with van der Waals surface area (Å²) in [6.45, 7) is 2.54. The molecule has 0 aromatic heterocycles. The van der Waals surface area contributed by atoms with Crippen LogP contribution in [0, 0.1) is 6.92 Å². The van der Waals surface area contributed by atoms with Gasteiger partial charge in [-0.2, -0.15) is 8.78 Å². The van der Waals surface area contributed by atoms with Crippen molar-refractivity contribution in [2.24, 2.45) is 0 Å². The van der Waals surface area contributed by atoms with Gasteiger partial charge in [0.05, 0.1) is 12.3 Å². The number of alkyl halides is 2. The Kier molecular flexibility index (Phi) is 7.73. The van der Waals surface area contributed by atoms with Crippen LogP contribution in [0.4, 0.5) is 14.5 Å². The van der Waals surface area contributed by atoms with Gasteiger partial charge < -0.3 is 10.1 Å². The average Bonchev–Trinajstić information content (AvgIpc) is 2.56. The van der Waals surface area contributed by atoms with Crippen molar-refractivity contribution >= 4 is 23.4 Å². The molecule has 1 N–H and O–H groups in total. The summed E-state index contributed by atoms with van der Waals surface area (Å²) in [7, 11) is 0. The molecule has 0 saturated carbocycles. The maximum Gasteiger partial charge on any atom is 0.288 e. The van der Waals surface area contributed by atoms with E-state index in [4.69, 9.17) is 4.74 Å². The molecule has 0 aliphatic heterocycles. The molecular weight excluding hydrogens is 344 g/mol. The van der Waals surface area contributed by atoms with Gasteiger partial charge in [0.25, 0.3) is 5.76 Å². The zero-order valence-corrected chi connectivity index (χ0v) is 14.8. The van der Waals surface area contributed by atoms with Crippen LogP contribution in [0.25, 0.3) is 0 Å². The standard InChI is InChI=1S/C19H21F2NO2S/c1-14-7-6-8-15(13-14)24-12-5-4-11-18(23)22-16-9-2-3-10-17(16)25-19(20)21/h2-3,6-10,13,19H,4-5,11-12H2,1H3,(H,22,23). The first kappa shape index (κ1) is 19.2. The van der Waals surface area contributed by atoms with Crippen LogP contribution in [0.3, 0.4) is 0 Å².